The molecule has 0 fully saturated rings. The smallest absolute Gasteiger partial charge is 0.0883 e. The van der Waals surface area contributed by atoms with Gasteiger partial charge in [0.2, 0.25) is 0 Å². The van der Waals surface area contributed by atoms with Crippen molar-refractivity contribution in [3.05, 3.63) is 139 Å². The highest BCUT2D eigenvalue weighted by molar-refractivity contribution is 6.03. The number of aromatic nitrogens is 2. The van der Waals surface area contributed by atoms with Crippen LogP contribution in [0.2, 0.25) is 0 Å². The number of allylic oxidation sites excluding steroid dienone is 1. The highest BCUT2D eigenvalue weighted by Gasteiger charge is 2.22. The van der Waals surface area contributed by atoms with E-state index in [1.54, 1.807) is 0 Å². The van der Waals surface area contributed by atoms with Crippen molar-refractivity contribution in [2.24, 2.45) is 4.99 Å². The van der Waals surface area contributed by atoms with Gasteiger partial charge in [0, 0.05) is 43.2 Å². The number of anilines is 2. The zero-order valence-electron chi connectivity index (χ0n) is 20.1. The van der Waals surface area contributed by atoms with Crippen molar-refractivity contribution in [3.63, 3.8) is 0 Å². The van der Waals surface area contributed by atoms with Gasteiger partial charge in [-0.1, -0.05) is 54.6 Å². The van der Waals surface area contributed by atoms with Crippen molar-refractivity contribution in [1.29, 1.82) is 0 Å². The van der Waals surface area contributed by atoms with Crippen LogP contribution in [-0.2, 0) is 0 Å². The number of hydrogen-bond acceptors (Lipinski definition) is 4. The van der Waals surface area contributed by atoms with Crippen molar-refractivity contribution < 1.29 is 0 Å². The van der Waals surface area contributed by atoms with Crippen LogP contribution in [0.4, 0.5) is 11.4 Å². The van der Waals surface area contributed by atoms with Gasteiger partial charge in [-0.15, -0.1) is 0 Å². The SMILES string of the molecule is CN(c1cccc(C2C=C(c3ccccn3)N=C(c3ccccn3)C2)c1)c1ccc2ccccc2c1. The number of pyridine rings is 2. The highest BCUT2D eigenvalue weighted by atomic mass is 15.1. The molecule has 0 N–H and O–H groups in total. The molecule has 1 aliphatic heterocycles. The molecule has 2 aromatic heterocycles. The Hall–Kier alpha value is -4.57. The van der Waals surface area contributed by atoms with E-state index in [2.05, 4.69) is 94.7 Å². The number of fused-ring (bicyclic) bond motifs is 1. The lowest BCUT2D eigenvalue weighted by atomic mass is 9.88. The average molecular weight is 467 g/mol. The summed E-state index contributed by atoms with van der Waals surface area (Å²) in [6.07, 6.45) is 6.67. The molecule has 5 aromatic rings. The van der Waals surface area contributed by atoms with Gasteiger partial charge >= 0.3 is 0 Å². The van der Waals surface area contributed by atoms with Gasteiger partial charge in [0.1, 0.15) is 0 Å². The van der Waals surface area contributed by atoms with E-state index in [-0.39, 0.29) is 5.92 Å². The Morgan fingerprint density at radius 1 is 0.667 bits per heavy atom. The van der Waals surface area contributed by atoms with Crippen LogP contribution in [0, 0.1) is 0 Å². The summed E-state index contributed by atoms with van der Waals surface area (Å²) in [5, 5.41) is 2.49. The van der Waals surface area contributed by atoms with Crippen LogP contribution < -0.4 is 4.90 Å². The van der Waals surface area contributed by atoms with E-state index in [9.17, 15) is 0 Å². The first-order chi connectivity index (χ1) is 17.7. The maximum atomic E-state index is 4.97. The van der Waals surface area contributed by atoms with Crippen molar-refractivity contribution in [1.82, 2.24) is 9.97 Å². The van der Waals surface area contributed by atoms with Crippen LogP contribution in [0.15, 0.2) is 127 Å². The fourth-order valence-electron chi connectivity index (χ4n) is 4.75. The predicted octanol–water partition coefficient (Wildman–Crippen LogP) is 7.42. The molecule has 3 aromatic carbocycles. The van der Waals surface area contributed by atoms with Crippen molar-refractivity contribution in [3.8, 4) is 0 Å². The van der Waals surface area contributed by atoms with Gasteiger partial charge < -0.3 is 4.90 Å². The van der Waals surface area contributed by atoms with Crippen LogP contribution in [0.25, 0.3) is 16.5 Å². The minimum absolute atomic E-state index is 0.168. The standard InChI is InChI=1S/C32H26N4/c1-36(28-16-15-23-9-2-3-10-24(23)19-28)27-12-8-11-25(20-27)26-21-31(29-13-4-6-17-33-29)35-32(22-26)30-14-5-7-18-34-30/h2-21,26H,22H2,1H3. The molecule has 3 heterocycles. The summed E-state index contributed by atoms with van der Waals surface area (Å²) in [5.41, 5.74) is 7.22. The zero-order chi connectivity index (χ0) is 24.3. The van der Waals surface area contributed by atoms with Gasteiger partial charge in [0.25, 0.3) is 0 Å². The van der Waals surface area contributed by atoms with E-state index in [0.29, 0.717) is 0 Å². The molecule has 4 heteroatoms. The molecular formula is C32H26N4. The second-order valence-corrected chi connectivity index (χ2v) is 9.04. The van der Waals surface area contributed by atoms with Crippen LogP contribution in [0.3, 0.4) is 0 Å². The Kier molecular flexibility index (Phi) is 5.84. The van der Waals surface area contributed by atoms with Gasteiger partial charge in [-0.05, 0) is 70.9 Å². The molecule has 0 saturated carbocycles. The van der Waals surface area contributed by atoms with Crippen LogP contribution in [0.1, 0.15) is 29.3 Å². The van der Waals surface area contributed by atoms with Gasteiger partial charge in [-0.3, -0.25) is 9.97 Å². The largest absolute Gasteiger partial charge is 0.345 e. The Balaban J connectivity index is 1.36. The summed E-state index contributed by atoms with van der Waals surface area (Å²) >= 11 is 0. The fraction of sp³-hybridized carbons (Fsp3) is 0.0938. The third-order valence-corrected chi connectivity index (χ3v) is 6.72. The molecule has 0 saturated heterocycles. The second kappa shape index (κ2) is 9.59. The number of rotatable bonds is 5. The first kappa shape index (κ1) is 21.9. The minimum atomic E-state index is 0.168. The van der Waals surface area contributed by atoms with Gasteiger partial charge in [-0.25, -0.2) is 4.99 Å². The van der Waals surface area contributed by atoms with E-state index in [1.165, 1.54) is 16.3 Å². The first-order valence-corrected chi connectivity index (χ1v) is 12.2. The fourth-order valence-corrected chi connectivity index (χ4v) is 4.75. The third kappa shape index (κ3) is 4.41. The van der Waals surface area contributed by atoms with E-state index < -0.39 is 0 Å². The predicted molar refractivity (Wildman–Crippen MR) is 149 cm³/mol. The maximum Gasteiger partial charge on any atom is 0.0883 e. The zero-order valence-corrected chi connectivity index (χ0v) is 20.1. The molecule has 1 atom stereocenters. The summed E-state index contributed by atoms with van der Waals surface area (Å²) in [6.45, 7) is 0. The van der Waals surface area contributed by atoms with Gasteiger partial charge in [0.05, 0.1) is 22.8 Å². The summed E-state index contributed by atoms with van der Waals surface area (Å²) in [4.78, 5) is 16.4. The number of aliphatic imine (C=N–C) groups is 1. The van der Waals surface area contributed by atoms with E-state index in [0.717, 1.165) is 40.6 Å². The maximum absolute atomic E-state index is 4.97. The number of benzene rings is 3. The quantitative estimate of drug-likeness (QED) is 0.271. The second-order valence-electron chi connectivity index (χ2n) is 9.04. The molecule has 0 spiro atoms. The van der Waals surface area contributed by atoms with Gasteiger partial charge in [-0.2, -0.15) is 0 Å². The van der Waals surface area contributed by atoms with Crippen molar-refractivity contribution in [2.75, 3.05) is 11.9 Å². The number of nitrogens with zero attached hydrogens (tertiary/aromatic N) is 4. The lowest BCUT2D eigenvalue weighted by Gasteiger charge is -2.24. The molecule has 0 radical (unpaired) electrons. The molecule has 6 rings (SSSR count). The molecule has 174 valence electrons. The molecule has 1 aliphatic rings. The summed E-state index contributed by atoms with van der Waals surface area (Å²) in [5.74, 6) is 0.168. The molecule has 1 unspecified atom stereocenters. The Labute approximate surface area is 211 Å². The van der Waals surface area contributed by atoms with E-state index >= 15 is 0 Å². The highest BCUT2D eigenvalue weighted by Crippen LogP contribution is 2.35. The lowest BCUT2D eigenvalue weighted by molar-refractivity contribution is 0.874. The summed E-state index contributed by atoms with van der Waals surface area (Å²) in [6, 6.07) is 35.8. The molecular weight excluding hydrogens is 440 g/mol. The van der Waals surface area contributed by atoms with Crippen molar-refractivity contribution >= 4 is 33.6 Å². The minimum Gasteiger partial charge on any atom is -0.345 e. The topological polar surface area (TPSA) is 41.4 Å². The first-order valence-electron chi connectivity index (χ1n) is 12.2. The van der Waals surface area contributed by atoms with E-state index in [4.69, 9.17) is 4.99 Å². The van der Waals surface area contributed by atoms with E-state index in [1.807, 2.05) is 48.8 Å². The summed E-state index contributed by atoms with van der Waals surface area (Å²) < 4.78 is 0. The average Bonchev–Trinajstić information content (AvgIpc) is 2.97. The van der Waals surface area contributed by atoms with Crippen LogP contribution >= 0.6 is 0 Å². The number of hydrogen-bond donors (Lipinski definition) is 0. The normalized spacial score (nSPS) is 15.3. The third-order valence-electron chi connectivity index (χ3n) is 6.72. The van der Waals surface area contributed by atoms with Gasteiger partial charge in [0.15, 0.2) is 0 Å². The summed E-state index contributed by atoms with van der Waals surface area (Å²) in [7, 11) is 2.13. The van der Waals surface area contributed by atoms with Crippen LogP contribution in [-0.4, -0.2) is 22.7 Å². The van der Waals surface area contributed by atoms with Crippen molar-refractivity contribution in [2.45, 2.75) is 12.3 Å². The molecule has 36 heavy (non-hydrogen) atoms. The molecule has 4 nitrogen and oxygen atoms in total. The monoisotopic (exact) mass is 466 g/mol. The molecule has 0 aliphatic carbocycles. The van der Waals surface area contributed by atoms with Crippen LogP contribution in [0.5, 0.6) is 0 Å². The molecule has 0 amide bonds. The Morgan fingerprint density at radius 2 is 1.39 bits per heavy atom. The Bertz CT molecular complexity index is 1570. The Morgan fingerprint density at radius 3 is 2.17 bits per heavy atom. The molecule has 0 bridgehead atoms. The lowest BCUT2D eigenvalue weighted by Crippen LogP contribution is -2.15.